The van der Waals surface area contributed by atoms with Gasteiger partial charge in [0.2, 0.25) is 0 Å². The highest BCUT2D eigenvalue weighted by Crippen LogP contribution is 2.08. The molecule has 0 fully saturated rings. The van der Waals surface area contributed by atoms with Gasteiger partial charge in [0.15, 0.2) is 0 Å². The highest BCUT2D eigenvalue weighted by molar-refractivity contribution is 7.98. The quantitative estimate of drug-likeness (QED) is 0.347. The second-order valence-corrected chi connectivity index (χ2v) is 2.23. The van der Waals surface area contributed by atoms with E-state index in [4.69, 9.17) is 0 Å². The van der Waals surface area contributed by atoms with E-state index in [-0.39, 0.29) is 0 Å². The molecule has 0 N–H and O–H groups in total. The molecule has 0 spiro atoms. The molecule has 54 valence electrons. The van der Waals surface area contributed by atoms with E-state index in [0.717, 1.165) is 17.5 Å². The minimum atomic E-state index is 0.568. The summed E-state index contributed by atoms with van der Waals surface area (Å²) < 4.78 is 2.65. The van der Waals surface area contributed by atoms with Gasteiger partial charge in [0.1, 0.15) is 0 Å². The summed E-state index contributed by atoms with van der Waals surface area (Å²) in [4.78, 5) is 9.66. The van der Waals surface area contributed by atoms with Gasteiger partial charge in [-0.1, -0.05) is 31.4 Å². The zero-order valence-corrected chi connectivity index (χ0v) is 6.43. The first-order valence-corrected chi connectivity index (χ1v) is 3.68. The van der Waals surface area contributed by atoms with Gasteiger partial charge in [-0.05, 0) is 5.57 Å². The third-order valence-corrected chi connectivity index (χ3v) is 1.45. The molecule has 0 aliphatic carbocycles. The highest BCUT2D eigenvalue weighted by atomic mass is 32.2. The van der Waals surface area contributed by atoms with Gasteiger partial charge in [0, 0.05) is 22.3 Å². The largest absolute Gasteiger partial charge is 0.137 e. The van der Waals surface area contributed by atoms with Crippen LogP contribution < -0.4 is 0 Å². The Labute approximate surface area is 64.8 Å². The van der Waals surface area contributed by atoms with Gasteiger partial charge >= 0.3 is 0 Å². The van der Waals surface area contributed by atoms with Crippen LogP contribution in [0.15, 0.2) is 41.5 Å². The molecule has 0 saturated carbocycles. The van der Waals surface area contributed by atoms with Crippen molar-refractivity contribution in [2.45, 2.75) is 0 Å². The fourth-order valence-corrected chi connectivity index (χ4v) is 0.843. The molecule has 0 radical (unpaired) electrons. The van der Waals surface area contributed by atoms with Gasteiger partial charge in [-0.2, -0.15) is 0 Å². The molecule has 10 heavy (non-hydrogen) atoms. The molecule has 0 atom stereocenters. The van der Waals surface area contributed by atoms with Crippen LogP contribution in [0.5, 0.6) is 0 Å². The van der Waals surface area contributed by atoms with Crippen molar-refractivity contribution in [1.29, 1.82) is 0 Å². The number of nitroso groups, excluding NO2 is 1. The molecule has 0 aliphatic rings. The van der Waals surface area contributed by atoms with Crippen molar-refractivity contribution in [2.75, 3.05) is 5.75 Å². The second-order valence-electron chi connectivity index (χ2n) is 1.53. The first-order valence-electron chi connectivity index (χ1n) is 2.73. The molecule has 0 aromatic carbocycles. The van der Waals surface area contributed by atoms with Gasteiger partial charge in [-0.15, -0.1) is 4.91 Å². The molecule has 0 amide bonds. The Balaban J connectivity index is 3.81. The predicted molar refractivity (Wildman–Crippen MR) is 46.7 cm³/mol. The summed E-state index contributed by atoms with van der Waals surface area (Å²) in [7, 11) is 0. The molecular weight excluding hydrogens is 146 g/mol. The van der Waals surface area contributed by atoms with Crippen LogP contribution in [0, 0.1) is 4.91 Å². The van der Waals surface area contributed by atoms with Crippen molar-refractivity contribution in [2.24, 2.45) is 4.58 Å². The Morgan fingerprint density at radius 1 is 1.60 bits per heavy atom. The minimum Gasteiger partial charge on any atom is -0.137 e. The number of allylic oxidation sites excluding steroid dienone is 3. The molecule has 0 aliphatic heterocycles. The summed E-state index contributed by atoms with van der Waals surface area (Å²) in [6.45, 7) is 7.07. The van der Waals surface area contributed by atoms with Crippen molar-refractivity contribution in [3.63, 3.8) is 0 Å². The van der Waals surface area contributed by atoms with Gasteiger partial charge < -0.3 is 0 Å². The lowest BCUT2D eigenvalue weighted by Crippen LogP contribution is -1.78. The summed E-state index contributed by atoms with van der Waals surface area (Å²) in [5.74, 6) is 0.568. The van der Waals surface area contributed by atoms with Crippen LogP contribution >= 0.6 is 11.9 Å². The molecule has 0 heterocycles. The first kappa shape index (κ1) is 9.17. The average Bonchev–Trinajstić information content (AvgIpc) is 1.98. The molecule has 3 heteroatoms. The van der Waals surface area contributed by atoms with E-state index < -0.39 is 0 Å². The topological polar surface area (TPSA) is 29.4 Å². The number of hydrogen-bond acceptors (Lipinski definition) is 3. The summed E-state index contributed by atoms with van der Waals surface area (Å²) >= 11 is 0.963. The summed E-state index contributed by atoms with van der Waals surface area (Å²) in [6, 6.07) is 0. The van der Waals surface area contributed by atoms with E-state index in [0.29, 0.717) is 5.75 Å². The van der Waals surface area contributed by atoms with E-state index in [2.05, 4.69) is 17.7 Å². The number of hydrogen-bond donors (Lipinski definition) is 0. The monoisotopic (exact) mass is 155 g/mol. The predicted octanol–water partition coefficient (Wildman–Crippen LogP) is 2.70. The van der Waals surface area contributed by atoms with Crippen LogP contribution in [0.4, 0.5) is 0 Å². The maximum absolute atomic E-state index is 9.66. The maximum atomic E-state index is 9.66. The van der Waals surface area contributed by atoms with Crippen molar-refractivity contribution < 1.29 is 0 Å². The molecule has 2 nitrogen and oxygen atoms in total. The van der Waals surface area contributed by atoms with Gasteiger partial charge in [-0.25, -0.2) is 0 Å². The normalized spacial score (nSPS) is 10.6. The van der Waals surface area contributed by atoms with Crippen LogP contribution in [-0.2, 0) is 0 Å². The Kier molecular flexibility index (Phi) is 5.77. The van der Waals surface area contributed by atoms with E-state index in [1.165, 1.54) is 0 Å². The number of nitrogens with zero attached hydrogens (tertiary/aromatic N) is 1. The minimum absolute atomic E-state index is 0.568. The van der Waals surface area contributed by atoms with Crippen LogP contribution in [0.1, 0.15) is 0 Å². The Morgan fingerprint density at radius 3 is 2.70 bits per heavy atom. The van der Waals surface area contributed by atoms with E-state index in [9.17, 15) is 4.91 Å². The maximum Gasteiger partial charge on any atom is 0.0438 e. The van der Waals surface area contributed by atoms with Crippen LogP contribution in [-0.4, -0.2) is 5.75 Å². The van der Waals surface area contributed by atoms with E-state index in [1.54, 1.807) is 18.2 Å². The van der Waals surface area contributed by atoms with Gasteiger partial charge in [0.25, 0.3) is 0 Å². The zero-order valence-electron chi connectivity index (χ0n) is 5.62. The van der Waals surface area contributed by atoms with Crippen LogP contribution in [0.2, 0.25) is 0 Å². The second kappa shape index (κ2) is 6.29. The lowest BCUT2D eigenvalue weighted by atomic mass is 10.3. The fraction of sp³-hybridized carbons (Fsp3) is 0.143. The average molecular weight is 155 g/mol. The van der Waals surface area contributed by atoms with Crippen molar-refractivity contribution in [3.05, 3.63) is 41.9 Å². The standard InChI is InChI=1S/C7H9NOS/c1-3-5-7(4-2)6-10-8-9/h3-5H,1-2,6H2/b7-5+. The number of rotatable bonds is 5. The molecule has 0 rings (SSSR count). The summed E-state index contributed by atoms with van der Waals surface area (Å²) in [5, 5.41) is 0. The van der Waals surface area contributed by atoms with Crippen LogP contribution in [0.3, 0.4) is 0 Å². The Bertz CT molecular complexity index is 163. The lowest BCUT2D eigenvalue weighted by molar-refractivity contribution is 1.55. The van der Waals surface area contributed by atoms with Crippen molar-refractivity contribution in [3.8, 4) is 0 Å². The Hall–Kier alpha value is -0.830. The first-order chi connectivity index (χ1) is 4.85. The third-order valence-electron chi connectivity index (χ3n) is 0.878. The zero-order chi connectivity index (χ0) is 7.82. The molecule has 0 unspecified atom stereocenters. The van der Waals surface area contributed by atoms with Crippen molar-refractivity contribution >= 4 is 11.9 Å². The van der Waals surface area contributed by atoms with E-state index in [1.807, 2.05) is 0 Å². The molecule has 0 saturated heterocycles. The SMILES string of the molecule is C=C/C=C(\C=C)CSN=O. The third kappa shape index (κ3) is 4.09. The lowest BCUT2D eigenvalue weighted by Gasteiger charge is -1.91. The van der Waals surface area contributed by atoms with Gasteiger partial charge in [-0.3, -0.25) is 0 Å². The molecule has 0 aromatic rings. The fourth-order valence-electron chi connectivity index (χ4n) is 0.427. The molecule has 0 aromatic heterocycles. The summed E-state index contributed by atoms with van der Waals surface area (Å²) in [5.41, 5.74) is 0.958. The Morgan fingerprint density at radius 2 is 2.30 bits per heavy atom. The van der Waals surface area contributed by atoms with Crippen molar-refractivity contribution in [1.82, 2.24) is 0 Å². The smallest absolute Gasteiger partial charge is 0.0438 e. The summed E-state index contributed by atoms with van der Waals surface area (Å²) in [6.07, 6.45) is 5.13. The van der Waals surface area contributed by atoms with Crippen LogP contribution in [0.25, 0.3) is 0 Å². The molecule has 0 bridgehead atoms. The van der Waals surface area contributed by atoms with Gasteiger partial charge in [0.05, 0.1) is 0 Å². The molecular formula is C7H9NOS. The van der Waals surface area contributed by atoms with E-state index >= 15 is 0 Å². The highest BCUT2D eigenvalue weighted by Gasteiger charge is 1.89.